The van der Waals surface area contributed by atoms with Gasteiger partial charge in [-0.15, -0.1) is 0 Å². The molecule has 1 atom stereocenters. The van der Waals surface area contributed by atoms with E-state index in [1.807, 2.05) is 48.5 Å². The van der Waals surface area contributed by atoms with Crippen molar-refractivity contribution < 1.29 is 13.2 Å². The summed E-state index contributed by atoms with van der Waals surface area (Å²) in [5, 5.41) is 4.05. The van der Waals surface area contributed by atoms with Crippen molar-refractivity contribution in [2.75, 3.05) is 11.9 Å². The van der Waals surface area contributed by atoms with Crippen LogP contribution >= 0.6 is 0 Å². The Labute approximate surface area is 194 Å². The Morgan fingerprint density at radius 2 is 1.73 bits per heavy atom. The third kappa shape index (κ3) is 4.36. The minimum atomic E-state index is -3.94. The first-order chi connectivity index (χ1) is 15.8. The number of amides is 1. The van der Waals surface area contributed by atoms with E-state index >= 15 is 0 Å². The van der Waals surface area contributed by atoms with Gasteiger partial charge in [0.1, 0.15) is 0 Å². The molecule has 0 radical (unpaired) electrons. The number of nitrogens with one attached hydrogen (secondary N) is 1. The molecule has 33 heavy (non-hydrogen) atoms. The molecule has 0 saturated heterocycles. The van der Waals surface area contributed by atoms with E-state index in [0.717, 1.165) is 22.9 Å². The first kappa shape index (κ1) is 22.6. The lowest BCUT2D eigenvalue weighted by molar-refractivity contribution is 0.100. The predicted octanol–water partition coefficient (Wildman–Crippen LogP) is 5.10. The number of nitrogens with two attached hydrogens (primary N) is 1. The Bertz CT molecular complexity index is 1410. The van der Waals surface area contributed by atoms with E-state index in [4.69, 9.17) is 5.73 Å². The van der Waals surface area contributed by atoms with Gasteiger partial charge < -0.3 is 11.1 Å². The third-order valence-corrected chi connectivity index (χ3v) is 7.58. The molecule has 0 spiro atoms. The molecule has 1 heterocycles. The van der Waals surface area contributed by atoms with Crippen LogP contribution in [0.4, 0.5) is 5.69 Å². The molecule has 0 saturated carbocycles. The topological polar surface area (TPSA) is 94.2 Å². The van der Waals surface area contributed by atoms with Crippen LogP contribution in [0.25, 0.3) is 22.0 Å². The summed E-state index contributed by atoms with van der Waals surface area (Å²) in [6.45, 7) is 4.75. The number of fused-ring (bicyclic) bond motifs is 1. The maximum atomic E-state index is 13.7. The van der Waals surface area contributed by atoms with Crippen LogP contribution in [-0.4, -0.2) is 24.8 Å². The van der Waals surface area contributed by atoms with Gasteiger partial charge >= 0.3 is 0 Å². The lowest BCUT2D eigenvalue weighted by Crippen LogP contribution is -2.19. The third-order valence-electron chi connectivity index (χ3n) is 5.91. The average molecular weight is 462 g/mol. The van der Waals surface area contributed by atoms with Crippen molar-refractivity contribution in [3.8, 4) is 11.1 Å². The summed E-state index contributed by atoms with van der Waals surface area (Å²) in [5.74, 6) is -0.254. The molecule has 0 fully saturated rings. The van der Waals surface area contributed by atoms with Crippen LogP contribution in [0.15, 0.2) is 83.9 Å². The first-order valence-corrected chi connectivity index (χ1v) is 12.4. The number of hydrogen-bond acceptors (Lipinski definition) is 4. The maximum absolute atomic E-state index is 13.7. The van der Waals surface area contributed by atoms with Gasteiger partial charge in [-0.3, -0.25) is 4.79 Å². The lowest BCUT2D eigenvalue weighted by atomic mass is 10.1. The van der Waals surface area contributed by atoms with E-state index in [0.29, 0.717) is 23.7 Å². The summed E-state index contributed by atoms with van der Waals surface area (Å²) in [5.41, 5.74) is 8.57. The summed E-state index contributed by atoms with van der Waals surface area (Å²) < 4.78 is 28.8. The highest BCUT2D eigenvalue weighted by Crippen LogP contribution is 2.33. The molecule has 0 aliphatic heterocycles. The Morgan fingerprint density at radius 3 is 2.42 bits per heavy atom. The maximum Gasteiger partial charge on any atom is 0.268 e. The number of carbonyl (C=O) groups excluding carboxylic acids is 1. The van der Waals surface area contributed by atoms with Crippen molar-refractivity contribution >= 4 is 32.5 Å². The van der Waals surface area contributed by atoms with Gasteiger partial charge in [0.2, 0.25) is 0 Å². The number of anilines is 1. The summed E-state index contributed by atoms with van der Waals surface area (Å²) in [4.78, 5) is 12.0. The standard InChI is InChI=1S/C26H27N3O3S/c1-3-18(2)16-28-24-15-20(13-14-22(24)26(27)30)33(31,32)29-17-23(19-9-5-4-6-10-19)21-11-7-8-12-25(21)29/h4-15,17-18,28H,3,16H2,1-2H3,(H2,27,30). The zero-order valence-corrected chi connectivity index (χ0v) is 19.5. The Morgan fingerprint density at radius 1 is 1.03 bits per heavy atom. The Hall–Kier alpha value is -3.58. The van der Waals surface area contributed by atoms with E-state index < -0.39 is 15.9 Å². The zero-order valence-electron chi connectivity index (χ0n) is 18.7. The van der Waals surface area contributed by atoms with Crippen LogP contribution < -0.4 is 11.1 Å². The number of rotatable bonds is 8. The van der Waals surface area contributed by atoms with Crippen LogP contribution in [0.5, 0.6) is 0 Å². The highest BCUT2D eigenvalue weighted by atomic mass is 32.2. The fourth-order valence-corrected chi connectivity index (χ4v) is 5.18. The molecular weight excluding hydrogens is 434 g/mol. The zero-order chi connectivity index (χ0) is 23.6. The first-order valence-electron chi connectivity index (χ1n) is 10.9. The number of carbonyl (C=O) groups is 1. The Balaban J connectivity index is 1.84. The normalized spacial score (nSPS) is 12.5. The van der Waals surface area contributed by atoms with Gasteiger partial charge in [-0.2, -0.15) is 0 Å². The van der Waals surface area contributed by atoms with E-state index in [2.05, 4.69) is 19.2 Å². The largest absolute Gasteiger partial charge is 0.384 e. The molecule has 4 rings (SSSR count). The minimum Gasteiger partial charge on any atom is -0.384 e. The fraction of sp³-hybridized carbons (Fsp3) is 0.192. The summed E-state index contributed by atoms with van der Waals surface area (Å²) in [6.07, 6.45) is 2.61. The average Bonchev–Trinajstić information content (AvgIpc) is 3.23. The molecule has 4 aromatic rings. The number of para-hydroxylation sites is 1. The van der Waals surface area contributed by atoms with Crippen molar-refractivity contribution in [1.82, 2.24) is 3.97 Å². The molecule has 3 N–H and O–H groups in total. The molecule has 1 amide bonds. The van der Waals surface area contributed by atoms with Gasteiger partial charge in [0, 0.05) is 29.4 Å². The monoisotopic (exact) mass is 461 g/mol. The summed E-state index contributed by atoms with van der Waals surface area (Å²) >= 11 is 0. The fourth-order valence-electron chi connectivity index (χ4n) is 3.78. The molecule has 3 aromatic carbocycles. The lowest BCUT2D eigenvalue weighted by Gasteiger charge is -2.16. The van der Waals surface area contributed by atoms with Gasteiger partial charge in [0.05, 0.1) is 16.0 Å². The van der Waals surface area contributed by atoms with Crippen LogP contribution in [0, 0.1) is 5.92 Å². The van der Waals surface area contributed by atoms with Gasteiger partial charge in [-0.05, 0) is 35.7 Å². The number of benzene rings is 3. The van der Waals surface area contributed by atoms with Crippen molar-refractivity contribution in [2.24, 2.45) is 11.7 Å². The number of aromatic nitrogens is 1. The number of hydrogen-bond donors (Lipinski definition) is 2. The summed E-state index contributed by atoms with van der Waals surface area (Å²) in [6, 6.07) is 21.5. The van der Waals surface area contributed by atoms with E-state index in [-0.39, 0.29) is 10.5 Å². The minimum absolute atomic E-state index is 0.0829. The highest BCUT2D eigenvalue weighted by molar-refractivity contribution is 7.90. The molecule has 7 heteroatoms. The second-order valence-electron chi connectivity index (χ2n) is 8.19. The van der Waals surface area contributed by atoms with Gasteiger partial charge in [0.15, 0.2) is 0 Å². The second kappa shape index (κ2) is 9.11. The molecule has 1 aromatic heterocycles. The molecule has 0 bridgehead atoms. The summed E-state index contributed by atoms with van der Waals surface area (Å²) in [7, 11) is -3.94. The molecule has 0 aliphatic carbocycles. The quantitative estimate of drug-likeness (QED) is 0.382. The van der Waals surface area contributed by atoms with Gasteiger partial charge in [0.25, 0.3) is 15.9 Å². The van der Waals surface area contributed by atoms with Crippen molar-refractivity contribution in [2.45, 2.75) is 25.2 Å². The Kier molecular flexibility index (Phi) is 6.24. The van der Waals surface area contributed by atoms with E-state index in [9.17, 15) is 13.2 Å². The van der Waals surface area contributed by atoms with Crippen molar-refractivity contribution in [3.05, 3.63) is 84.6 Å². The van der Waals surface area contributed by atoms with Gasteiger partial charge in [-0.1, -0.05) is 68.8 Å². The van der Waals surface area contributed by atoms with Crippen LogP contribution in [0.1, 0.15) is 30.6 Å². The molecule has 6 nitrogen and oxygen atoms in total. The number of nitrogens with zero attached hydrogens (tertiary/aromatic N) is 1. The molecule has 170 valence electrons. The van der Waals surface area contributed by atoms with E-state index in [1.54, 1.807) is 12.3 Å². The van der Waals surface area contributed by atoms with Crippen LogP contribution in [0.2, 0.25) is 0 Å². The molecular formula is C26H27N3O3S. The highest BCUT2D eigenvalue weighted by Gasteiger charge is 2.23. The predicted molar refractivity (Wildman–Crippen MR) is 133 cm³/mol. The number of primary amides is 1. The molecule has 0 aliphatic rings. The van der Waals surface area contributed by atoms with E-state index in [1.165, 1.54) is 22.2 Å². The van der Waals surface area contributed by atoms with Crippen LogP contribution in [0.3, 0.4) is 0 Å². The smallest absolute Gasteiger partial charge is 0.268 e. The molecule has 1 unspecified atom stereocenters. The SMILES string of the molecule is CCC(C)CNc1cc(S(=O)(=O)n2cc(-c3ccccc3)c3ccccc32)ccc1C(N)=O. The van der Waals surface area contributed by atoms with Crippen LogP contribution in [-0.2, 0) is 10.0 Å². The van der Waals surface area contributed by atoms with Gasteiger partial charge in [-0.25, -0.2) is 12.4 Å². The second-order valence-corrected chi connectivity index (χ2v) is 10.0. The van der Waals surface area contributed by atoms with Crippen molar-refractivity contribution in [3.63, 3.8) is 0 Å². The van der Waals surface area contributed by atoms with Crippen molar-refractivity contribution in [1.29, 1.82) is 0 Å².